The maximum absolute atomic E-state index is 10.7. The number of aryl methyl sites for hydroxylation is 2. The Hall–Kier alpha value is -2.80. The van der Waals surface area contributed by atoms with Crippen LogP contribution in [-0.2, 0) is 19.2 Å². The minimum absolute atomic E-state index is 0.272. The van der Waals surface area contributed by atoms with Gasteiger partial charge in [-0.15, -0.1) is 0 Å². The SMILES string of the molecule is CCNC(=NCc1nc2ccccc2n1C)NCC(C)(O)c1ccc(C)o1. The van der Waals surface area contributed by atoms with E-state index in [1.54, 1.807) is 13.0 Å². The summed E-state index contributed by atoms with van der Waals surface area (Å²) in [5, 5.41) is 17.1. The van der Waals surface area contributed by atoms with E-state index in [1.165, 1.54) is 0 Å². The molecule has 0 amide bonds. The molecule has 144 valence electrons. The first-order valence-electron chi connectivity index (χ1n) is 9.12. The van der Waals surface area contributed by atoms with E-state index in [4.69, 9.17) is 4.42 Å². The van der Waals surface area contributed by atoms with E-state index in [0.29, 0.717) is 18.3 Å². The summed E-state index contributed by atoms with van der Waals surface area (Å²) in [6, 6.07) is 11.7. The molecule has 0 fully saturated rings. The van der Waals surface area contributed by atoms with Crippen molar-refractivity contribution in [2.75, 3.05) is 13.1 Å². The van der Waals surface area contributed by atoms with E-state index in [0.717, 1.165) is 29.2 Å². The van der Waals surface area contributed by atoms with Crippen LogP contribution in [0.25, 0.3) is 11.0 Å². The number of rotatable bonds is 6. The summed E-state index contributed by atoms with van der Waals surface area (Å²) in [4.78, 5) is 9.25. The summed E-state index contributed by atoms with van der Waals surface area (Å²) < 4.78 is 7.60. The normalized spacial score (nSPS) is 14.3. The molecule has 0 bridgehead atoms. The number of nitrogens with one attached hydrogen (secondary N) is 2. The van der Waals surface area contributed by atoms with Gasteiger partial charge < -0.3 is 24.7 Å². The van der Waals surface area contributed by atoms with E-state index in [-0.39, 0.29) is 6.54 Å². The average Bonchev–Trinajstić information content (AvgIpc) is 3.22. The van der Waals surface area contributed by atoms with E-state index < -0.39 is 5.60 Å². The number of aromatic nitrogens is 2. The smallest absolute Gasteiger partial charge is 0.191 e. The van der Waals surface area contributed by atoms with Gasteiger partial charge in [-0.1, -0.05) is 12.1 Å². The number of furan rings is 1. The van der Waals surface area contributed by atoms with Crippen molar-refractivity contribution >= 4 is 17.0 Å². The summed E-state index contributed by atoms with van der Waals surface area (Å²) in [5.74, 6) is 2.79. The molecule has 7 heteroatoms. The first kappa shape index (κ1) is 19.0. The van der Waals surface area contributed by atoms with Crippen molar-refractivity contribution in [1.29, 1.82) is 0 Å². The number of hydrogen-bond acceptors (Lipinski definition) is 4. The number of aliphatic imine (C=N–C) groups is 1. The van der Waals surface area contributed by atoms with Gasteiger partial charge in [-0.2, -0.15) is 0 Å². The number of para-hydroxylation sites is 2. The first-order valence-corrected chi connectivity index (χ1v) is 9.12. The molecule has 0 aliphatic carbocycles. The van der Waals surface area contributed by atoms with Gasteiger partial charge in [0.15, 0.2) is 5.96 Å². The molecule has 1 unspecified atom stereocenters. The molecule has 3 rings (SSSR count). The third-order valence-corrected chi connectivity index (χ3v) is 4.47. The third kappa shape index (κ3) is 4.31. The predicted molar refractivity (Wildman–Crippen MR) is 107 cm³/mol. The molecule has 0 saturated carbocycles. The summed E-state index contributed by atoms with van der Waals surface area (Å²) in [6.07, 6.45) is 0. The maximum atomic E-state index is 10.7. The Morgan fingerprint density at radius 1 is 1.26 bits per heavy atom. The van der Waals surface area contributed by atoms with Gasteiger partial charge in [0.25, 0.3) is 0 Å². The van der Waals surface area contributed by atoms with Gasteiger partial charge in [-0.25, -0.2) is 9.98 Å². The fraction of sp³-hybridized carbons (Fsp3) is 0.400. The zero-order valence-corrected chi connectivity index (χ0v) is 16.3. The number of fused-ring (bicyclic) bond motifs is 1. The van der Waals surface area contributed by atoms with Crippen LogP contribution in [0.1, 0.15) is 31.2 Å². The lowest BCUT2D eigenvalue weighted by atomic mass is 10.0. The van der Waals surface area contributed by atoms with E-state index >= 15 is 0 Å². The van der Waals surface area contributed by atoms with Crippen molar-refractivity contribution in [1.82, 2.24) is 20.2 Å². The van der Waals surface area contributed by atoms with Crippen LogP contribution in [0.2, 0.25) is 0 Å². The number of guanidine groups is 1. The molecule has 3 N–H and O–H groups in total. The number of benzene rings is 1. The summed E-state index contributed by atoms with van der Waals surface area (Å²) in [5.41, 5.74) is 0.901. The van der Waals surface area contributed by atoms with Crippen molar-refractivity contribution in [3.63, 3.8) is 0 Å². The zero-order valence-electron chi connectivity index (χ0n) is 16.3. The van der Waals surface area contributed by atoms with E-state index in [9.17, 15) is 5.11 Å². The largest absolute Gasteiger partial charge is 0.463 e. The van der Waals surface area contributed by atoms with Crippen molar-refractivity contribution in [3.8, 4) is 0 Å². The number of nitrogens with zero attached hydrogens (tertiary/aromatic N) is 3. The molecule has 1 aromatic carbocycles. The molecule has 27 heavy (non-hydrogen) atoms. The number of imidazole rings is 1. The lowest BCUT2D eigenvalue weighted by Gasteiger charge is -2.22. The summed E-state index contributed by atoms with van der Waals surface area (Å²) >= 11 is 0. The highest BCUT2D eigenvalue weighted by atomic mass is 16.4. The van der Waals surface area contributed by atoms with Crippen LogP contribution in [0.3, 0.4) is 0 Å². The molecule has 0 saturated heterocycles. The standard InChI is InChI=1S/C20H27N5O2/c1-5-21-19(23-13-20(3,26)17-11-10-14(2)27-17)22-12-18-24-15-8-6-7-9-16(15)25(18)4/h6-11,26H,5,12-13H2,1-4H3,(H2,21,22,23). The highest BCUT2D eigenvalue weighted by molar-refractivity contribution is 5.80. The molecule has 7 nitrogen and oxygen atoms in total. The van der Waals surface area contributed by atoms with Crippen LogP contribution in [0.5, 0.6) is 0 Å². The highest BCUT2D eigenvalue weighted by Crippen LogP contribution is 2.22. The molecular formula is C20H27N5O2. The quantitative estimate of drug-likeness (QED) is 0.459. The number of hydrogen-bond donors (Lipinski definition) is 3. The molecule has 2 aromatic heterocycles. The van der Waals surface area contributed by atoms with Crippen LogP contribution >= 0.6 is 0 Å². The van der Waals surface area contributed by atoms with Gasteiger partial charge in [-0.05, 0) is 45.0 Å². The van der Waals surface area contributed by atoms with Crippen LogP contribution in [0, 0.1) is 6.92 Å². The van der Waals surface area contributed by atoms with Gasteiger partial charge in [0.1, 0.15) is 29.5 Å². The Morgan fingerprint density at radius 2 is 2.04 bits per heavy atom. The lowest BCUT2D eigenvalue weighted by Crippen LogP contribution is -2.44. The highest BCUT2D eigenvalue weighted by Gasteiger charge is 2.27. The van der Waals surface area contributed by atoms with Crippen molar-refractivity contribution in [3.05, 3.63) is 53.7 Å². The molecular weight excluding hydrogens is 342 g/mol. The lowest BCUT2D eigenvalue weighted by molar-refractivity contribution is 0.0378. The minimum atomic E-state index is -1.14. The molecule has 0 radical (unpaired) electrons. The maximum Gasteiger partial charge on any atom is 0.191 e. The van der Waals surface area contributed by atoms with Crippen LogP contribution in [-0.4, -0.2) is 33.7 Å². The van der Waals surface area contributed by atoms with Crippen molar-refractivity contribution < 1.29 is 9.52 Å². The van der Waals surface area contributed by atoms with E-state index in [2.05, 4.69) is 20.6 Å². The molecule has 2 heterocycles. The molecule has 3 aromatic rings. The van der Waals surface area contributed by atoms with Gasteiger partial charge in [0.2, 0.25) is 0 Å². The van der Waals surface area contributed by atoms with Crippen molar-refractivity contribution in [2.45, 2.75) is 32.9 Å². The minimum Gasteiger partial charge on any atom is -0.463 e. The van der Waals surface area contributed by atoms with Gasteiger partial charge >= 0.3 is 0 Å². The molecule has 1 atom stereocenters. The van der Waals surface area contributed by atoms with Gasteiger partial charge in [-0.3, -0.25) is 0 Å². The summed E-state index contributed by atoms with van der Waals surface area (Å²) in [6.45, 7) is 7.00. The zero-order chi connectivity index (χ0) is 19.4. The number of aliphatic hydroxyl groups is 1. The Morgan fingerprint density at radius 3 is 2.70 bits per heavy atom. The van der Waals surface area contributed by atoms with Gasteiger partial charge in [0.05, 0.1) is 17.6 Å². The summed E-state index contributed by atoms with van der Waals surface area (Å²) in [7, 11) is 1.99. The Kier molecular flexibility index (Phi) is 5.51. The Balaban J connectivity index is 1.71. The second-order valence-electron chi connectivity index (χ2n) is 6.81. The fourth-order valence-corrected chi connectivity index (χ4v) is 2.90. The van der Waals surface area contributed by atoms with Gasteiger partial charge in [0, 0.05) is 13.6 Å². The Labute approximate surface area is 159 Å². The third-order valence-electron chi connectivity index (χ3n) is 4.47. The van der Waals surface area contributed by atoms with Crippen molar-refractivity contribution in [2.24, 2.45) is 12.0 Å². The topological polar surface area (TPSA) is 87.6 Å². The predicted octanol–water partition coefficient (Wildman–Crippen LogP) is 2.44. The first-order chi connectivity index (χ1) is 12.9. The molecule has 0 aliphatic heterocycles. The van der Waals surface area contributed by atoms with E-state index in [1.807, 2.05) is 55.8 Å². The van der Waals surface area contributed by atoms with Crippen LogP contribution < -0.4 is 10.6 Å². The Bertz CT molecular complexity index is 939. The fourth-order valence-electron chi connectivity index (χ4n) is 2.90. The monoisotopic (exact) mass is 369 g/mol. The van der Waals surface area contributed by atoms with Crippen LogP contribution in [0.15, 0.2) is 45.8 Å². The second-order valence-corrected chi connectivity index (χ2v) is 6.81. The second kappa shape index (κ2) is 7.84. The van der Waals surface area contributed by atoms with Crippen LogP contribution in [0.4, 0.5) is 0 Å². The molecule has 0 aliphatic rings. The average molecular weight is 369 g/mol. The molecule has 0 spiro atoms.